The van der Waals surface area contributed by atoms with Crippen LogP contribution < -0.4 is 10.2 Å². The molecule has 5 nitrogen and oxygen atoms in total. The highest BCUT2D eigenvalue weighted by Crippen LogP contribution is 2.30. The van der Waals surface area contributed by atoms with Crippen LogP contribution in [-0.4, -0.2) is 48.1 Å². The van der Waals surface area contributed by atoms with E-state index in [1.54, 1.807) is 11.3 Å². The molecule has 2 fully saturated rings. The number of nitrogens with zero attached hydrogens (tertiary/aromatic N) is 3. The van der Waals surface area contributed by atoms with Gasteiger partial charge in [-0.25, -0.2) is 9.78 Å². The fraction of sp³-hybridized carbons (Fsp3) is 0.600. The molecule has 1 aromatic heterocycles. The molecule has 26 heavy (non-hydrogen) atoms. The van der Waals surface area contributed by atoms with Crippen molar-refractivity contribution in [2.75, 3.05) is 31.1 Å². The number of benzene rings is 1. The van der Waals surface area contributed by atoms with Crippen molar-refractivity contribution < 1.29 is 4.79 Å². The van der Waals surface area contributed by atoms with Crippen LogP contribution in [-0.2, 0) is 0 Å². The molecule has 0 bridgehead atoms. The molecule has 2 saturated heterocycles. The van der Waals surface area contributed by atoms with Crippen LogP contribution in [0.4, 0.5) is 9.93 Å². The van der Waals surface area contributed by atoms with Crippen LogP contribution in [0.3, 0.4) is 0 Å². The van der Waals surface area contributed by atoms with Gasteiger partial charge in [0.25, 0.3) is 0 Å². The maximum absolute atomic E-state index is 12.6. The summed E-state index contributed by atoms with van der Waals surface area (Å²) in [5.41, 5.74) is 1.08. The summed E-state index contributed by atoms with van der Waals surface area (Å²) in [5, 5.41) is 4.39. The van der Waals surface area contributed by atoms with Crippen LogP contribution in [0, 0.1) is 0 Å². The van der Waals surface area contributed by atoms with Crippen molar-refractivity contribution in [3.05, 3.63) is 24.3 Å². The number of rotatable bonds is 2. The Hall–Kier alpha value is -1.82. The number of fused-ring (bicyclic) bond motifs is 1. The first-order valence-electron chi connectivity index (χ1n) is 9.95. The highest BCUT2D eigenvalue weighted by atomic mass is 32.1. The maximum Gasteiger partial charge on any atom is 0.317 e. The van der Waals surface area contributed by atoms with E-state index in [0.717, 1.165) is 62.5 Å². The largest absolute Gasteiger partial charge is 0.348 e. The van der Waals surface area contributed by atoms with Crippen molar-refractivity contribution in [3.8, 4) is 0 Å². The molecule has 0 spiro atoms. The number of nitrogens with one attached hydrogen (secondary N) is 1. The second-order valence-electron chi connectivity index (χ2n) is 7.43. The first kappa shape index (κ1) is 17.6. The summed E-state index contributed by atoms with van der Waals surface area (Å²) in [7, 11) is 0. The van der Waals surface area contributed by atoms with Crippen LogP contribution in [0.25, 0.3) is 10.2 Å². The number of piperidine rings is 1. The van der Waals surface area contributed by atoms with Crippen molar-refractivity contribution >= 4 is 32.7 Å². The zero-order valence-electron chi connectivity index (χ0n) is 15.3. The van der Waals surface area contributed by atoms with E-state index in [-0.39, 0.29) is 6.03 Å². The fourth-order valence-electron chi connectivity index (χ4n) is 3.93. The SMILES string of the molecule is O=C(NC1CCN(c2nc3ccccc3s2)CC1)N1CCCCCCC1. The Bertz CT molecular complexity index is 697. The van der Waals surface area contributed by atoms with Gasteiger partial charge < -0.3 is 15.1 Å². The maximum atomic E-state index is 12.6. The molecule has 0 unspecified atom stereocenters. The Balaban J connectivity index is 1.29. The van der Waals surface area contributed by atoms with Gasteiger partial charge in [-0.05, 0) is 37.8 Å². The van der Waals surface area contributed by atoms with E-state index in [0.29, 0.717) is 6.04 Å². The Morgan fingerprint density at radius 3 is 2.42 bits per heavy atom. The lowest BCUT2D eigenvalue weighted by atomic mass is 10.1. The minimum Gasteiger partial charge on any atom is -0.348 e. The van der Waals surface area contributed by atoms with Crippen LogP contribution in [0.1, 0.15) is 44.9 Å². The van der Waals surface area contributed by atoms with E-state index in [2.05, 4.69) is 28.4 Å². The van der Waals surface area contributed by atoms with Gasteiger partial charge in [-0.1, -0.05) is 42.7 Å². The molecule has 6 heteroatoms. The Kier molecular flexibility index (Phi) is 5.58. The van der Waals surface area contributed by atoms with Crippen molar-refractivity contribution in [2.45, 2.75) is 51.0 Å². The predicted molar refractivity (Wildman–Crippen MR) is 108 cm³/mol. The first-order chi connectivity index (χ1) is 12.8. The topological polar surface area (TPSA) is 48.5 Å². The standard InChI is InChI=1S/C20H28N4OS/c25-19(23-12-6-2-1-3-7-13-23)21-16-10-14-24(15-11-16)20-22-17-8-4-5-9-18(17)26-20/h4-5,8-9,16H,1-3,6-7,10-15H2,(H,21,25). The number of anilines is 1. The zero-order valence-corrected chi connectivity index (χ0v) is 16.1. The number of carbonyl (C=O) groups excluding carboxylic acids is 1. The molecular formula is C20H28N4OS. The molecule has 2 amide bonds. The third-order valence-corrected chi connectivity index (χ3v) is 6.62. The van der Waals surface area contributed by atoms with Crippen molar-refractivity contribution in [3.63, 3.8) is 0 Å². The average molecular weight is 373 g/mol. The minimum absolute atomic E-state index is 0.144. The van der Waals surface area contributed by atoms with E-state index < -0.39 is 0 Å². The number of likely N-dealkylation sites (tertiary alicyclic amines) is 1. The van der Waals surface area contributed by atoms with Gasteiger partial charge in [0, 0.05) is 32.2 Å². The van der Waals surface area contributed by atoms with Gasteiger partial charge in [0.2, 0.25) is 0 Å². The quantitative estimate of drug-likeness (QED) is 0.858. The lowest BCUT2D eigenvalue weighted by Crippen LogP contribution is -2.49. The lowest BCUT2D eigenvalue weighted by molar-refractivity contribution is 0.186. The molecule has 0 radical (unpaired) electrons. The van der Waals surface area contributed by atoms with Gasteiger partial charge in [-0.15, -0.1) is 0 Å². The van der Waals surface area contributed by atoms with Gasteiger partial charge >= 0.3 is 6.03 Å². The van der Waals surface area contributed by atoms with E-state index in [4.69, 9.17) is 4.98 Å². The first-order valence-corrected chi connectivity index (χ1v) is 10.8. The molecule has 3 heterocycles. The van der Waals surface area contributed by atoms with Gasteiger partial charge in [0.05, 0.1) is 10.2 Å². The summed E-state index contributed by atoms with van der Waals surface area (Å²) in [6, 6.07) is 8.75. The Morgan fingerprint density at radius 2 is 1.69 bits per heavy atom. The molecule has 2 aliphatic rings. The highest BCUT2D eigenvalue weighted by molar-refractivity contribution is 7.22. The van der Waals surface area contributed by atoms with Crippen molar-refractivity contribution in [1.29, 1.82) is 0 Å². The van der Waals surface area contributed by atoms with Crippen molar-refractivity contribution in [2.24, 2.45) is 0 Å². The fourth-order valence-corrected chi connectivity index (χ4v) is 4.94. The summed E-state index contributed by atoms with van der Waals surface area (Å²) in [5.74, 6) is 0. The molecular weight excluding hydrogens is 344 g/mol. The van der Waals surface area contributed by atoms with Gasteiger partial charge in [-0.3, -0.25) is 0 Å². The number of para-hydroxylation sites is 1. The molecule has 2 aliphatic heterocycles. The van der Waals surface area contributed by atoms with Crippen LogP contribution in [0.15, 0.2) is 24.3 Å². The molecule has 1 aromatic carbocycles. The van der Waals surface area contributed by atoms with Gasteiger partial charge in [-0.2, -0.15) is 0 Å². The van der Waals surface area contributed by atoms with E-state index >= 15 is 0 Å². The summed E-state index contributed by atoms with van der Waals surface area (Å²) in [4.78, 5) is 21.7. The number of carbonyl (C=O) groups is 1. The molecule has 0 aliphatic carbocycles. The number of aromatic nitrogens is 1. The summed E-state index contributed by atoms with van der Waals surface area (Å²) >= 11 is 1.77. The number of thiazole rings is 1. The molecule has 1 N–H and O–H groups in total. The van der Waals surface area contributed by atoms with Gasteiger partial charge in [0.1, 0.15) is 0 Å². The number of hydrogen-bond donors (Lipinski definition) is 1. The smallest absolute Gasteiger partial charge is 0.317 e. The average Bonchev–Trinajstić information content (AvgIpc) is 3.06. The molecule has 2 aromatic rings. The number of amides is 2. The van der Waals surface area contributed by atoms with E-state index in [9.17, 15) is 4.79 Å². The summed E-state index contributed by atoms with van der Waals surface area (Å²) < 4.78 is 1.25. The molecule has 140 valence electrons. The third-order valence-electron chi connectivity index (χ3n) is 5.52. The Labute approximate surface area is 159 Å². The highest BCUT2D eigenvalue weighted by Gasteiger charge is 2.24. The van der Waals surface area contributed by atoms with Crippen LogP contribution in [0.5, 0.6) is 0 Å². The predicted octanol–water partition coefficient (Wildman–Crippen LogP) is 4.24. The summed E-state index contributed by atoms with van der Waals surface area (Å²) in [6.07, 6.45) is 8.10. The second kappa shape index (κ2) is 8.25. The molecule has 4 rings (SSSR count). The van der Waals surface area contributed by atoms with E-state index in [1.165, 1.54) is 24.0 Å². The second-order valence-corrected chi connectivity index (χ2v) is 8.44. The van der Waals surface area contributed by atoms with Gasteiger partial charge in [0.15, 0.2) is 5.13 Å². The van der Waals surface area contributed by atoms with Crippen LogP contribution in [0.2, 0.25) is 0 Å². The third kappa shape index (κ3) is 4.11. The lowest BCUT2D eigenvalue weighted by Gasteiger charge is -2.34. The Morgan fingerprint density at radius 1 is 1.00 bits per heavy atom. The monoisotopic (exact) mass is 372 g/mol. The number of urea groups is 1. The normalized spacial score (nSPS) is 20.0. The van der Waals surface area contributed by atoms with Crippen LogP contribution >= 0.6 is 11.3 Å². The summed E-state index contributed by atoms with van der Waals surface area (Å²) in [6.45, 7) is 3.75. The molecule has 0 saturated carbocycles. The number of hydrogen-bond acceptors (Lipinski definition) is 4. The molecule has 0 atom stereocenters. The minimum atomic E-state index is 0.144. The van der Waals surface area contributed by atoms with Crippen molar-refractivity contribution in [1.82, 2.24) is 15.2 Å². The zero-order chi connectivity index (χ0) is 17.8. The van der Waals surface area contributed by atoms with E-state index in [1.807, 2.05) is 11.0 Å².